The molecule has 0 atom stereocenters. The Morgan fingerprint density at radius 3 is 1.50 bits per heavy atom. The van der Waals surface area contributed by atoms with Crippen LogP contribution in [0, 0.1) is 0 Å². The SMILES string of the molecule is CCCCCCCCCCCCCCCC(=O)OF.[Ca+2].[H-].[H-]. The molecule has 0 amide bonds. The molecule has 0 fully saturated rings. The summed E-state index contributed by atoms with van der Waals surface area (Å²) in [5.41, 5.74) is 0. The Kier molecular flexibility index (Phi) is 22.5. The second-order valence-electron chi connectivity index (χ2n) is 5.44. The fourth-order valence-corrected chi connectivity index (χ4v) is 2.33. The van der Waals surface area contributed by atoms with Crippen molar-refractivity contribution in [1.82, 2.24) is 0 Å². The van der Waals surface area contributed by atoms with Gasteiger partial charge in [-0.2, -0.15) is 0 Å². The van der Waals surface area contributed by atoms with Gasteiger partial charge in [0.2, 0.25) is 0 Å². The summed E-state index contributed by atoms with van der Waals surface area (Å²) >= 11 is 0. The van der Waals surface area contributed by atoms with Crippen LogP contribution >= 0.6 is 0 Å². The Bertz CT molecular complexity index is 211. The van der Waals surface area contributed by atoms with E-state index in [0.29, 0.717) is 0 Å². The van der Waals surface area contributed by atoms with Gasteiger partial charge in [0.15, 0.2) is 0 Å². The number of halogens is 1. The van der Waals surface area contributed by atoms with Gasteiger partial charge in [-0.3, -0.25) is 4.94 Å². The van der Waals surface area contributed by atoms with Gasteiger partial charge in [0.25, 0.3) is 0 Å². The maximum Gasteiger partial charge on any atom is 2.00 e. The largest absolute Gasteiger partial charge is 2.00 e. The van der Waals surface area contributed by atoms with Crippen molar-refractivity contribution in [2.45, 2.75) is 96.8 Å². The first-order valence-corrected chi connectivity index (χ1v) is 8.12. The van der Waals surface area contributed by atoms with Crippen molar-refractivity contribution < 1.29 is 17.1 Å². The van der Waals surface area contributed by atoms with Crippen LogP contribution in [0.1, 0.15) is 99.7 Å². The molecule has 0 aromatic carbocycles. The summed E-state index contributed by atoms with van der Waals surface area (Å²) < 4.78 is 11.4. The predicted octanol–water partition coefficient (Wildman–Crippen LogP) is 5.74. The van der Waals surface area contributed by atoms with Crippen LogP contribution in [0.2, 0.25) is 0 Å². The van der Waals surface area contributed by atoms with Gasteiger partial charge in [0.1, 0.15) is 0 Å². The molecule has 0 aromatic rings. The summed E-state index contributed by atoms with van der Waals surface area (Å²) in [6.45, 7) is 2.25. The van der Waals surface area contributed by atoms with Crippen LogP contribution < -0.4 is 0 Å². The van der Waals surface area contributed by atoms with Gasteiger partial charge in [-0.25, -0.2) is 4.79 Å². The zero-order valence-electron chi connectivity index (χ0n) is 15.3. The van der Waals surface area contributed by atoms with E-state index < -0.39 is 5.97 Å². The smallest absolute Gasteiger partial charge is 1.00 e. The van der Waals surface area contributed by atoms with Gasteiger partial charge in [0.05, 0.1) is 0 Å². The molecule has 2 nitrogen and oxygen atoms in total. The predicted molar refractivity (Wildman–Crippen MR) is 85.5 cm³/mol. The molecule has 0 radical (unpaired) electrons. The standard InChI is InChI=1S/C16H31FO2.Ca.2H/c1-2-3-4-5-6-7-8-9-10-11-12-13-14-15-16(18)19-17;;;/h2-15H2,1H3;;;/q;+2;2*-1. The molecular weight excluding hydrogens is 283 g/mol. The Labute approximate surface area is 157 Å². The van der Waals surface area contributed by atoms with Crippen molar-refractivity contribution in [3.05, 3.63) is 0 Å². The number of carbonyl (C=O) groups excluding carboxylic acids is 1. The third kappa shape index (κ3) is 18.7. The fraction of sp³-hybridized carbons (Fsp3) is 0.938. The molecule has 20 heavy (non-hydrogen) atoms. The van der Waals surface area contributed by atoms with Crippen LogP contribution in [0.3, 0.4) is 0 Å². The molecule has 0 aliphatic heterocycles. The fourth-order valence-electron chi connectivity index (χ4n) is 2.33. The summed E-state index contributed by atoms with van der Waals surface area (Å²) in [6, 6.07) is 0. The maximum atomic E-state index is 11.4. The van der Waals surface area contributed by atoms with E-state index in [9.17, 15) is 9.32 Å². The molecule has 0 aliphatic carbocycles. The average molecular weight is 317 g/mol. The second-order valence-corrected chi connectivity index (χ2v) is 5.44. The van der Waals surface area contributed by atoms with Gasteiger partial charge in [-0.05, 0) is 6.42 Å². The van der Waals surface area contributed by atoms with Gasteiger partial charge in [0, 0.05) is 10.9 Å². The molecule has 0 rings (SSSR count). The van der Waals surface area contributed by atoms with Crippen molar-refractivity contribution in [2.24, 2.45) is 0 Å². The van der Waals surface area contributed by atoms with Crippen LogP contribution in [0.25, 0.3) is 0 Å². The van der Waals surface area contributed by atoms with E-state index in [1.807, 2.05) is 0 Å². The number of hydrogen-bond donors (Lipinski definition) is 0. The first-order chi connectivity index (χ1) is 9.31. The van der Waals surface area contributed by atoms with Gasteiger partial charge >= 0.3 is 43.7 Å². The normalized spacial score (nSPS) is 10.1. The first-order valence-electron chi connectivity index (χ1n) is 8.12. The van der Waals surface area contributed by atoms with Crippen molar-refractivity contribution >= 4 is 43.7 Å². The third-order valence-electron chi connectivity index (χ3n) is 3.57. The molecule has 118 valence electrons. The Balaban J connectivity index is -0.000000540. The summed E-state index contributed by atoms with van der Waals surface area (Å²) in [6.07, 6.45) is 16.6. The zero-order valence-corrected chi connectivity index (χ0v) is 15.5. The molecule has 0 heterocycles. The molecular formula is C16H33CaFO2. The molecule has 0 aliphatic rings. The third-order valence-corrected chi connectivity index (χ3v) is 3.57. The summed E-state index contributed by atoms with van der Waals surface area (Å²) in [5.74, 6) is -0.733. The van der Waals surface area contributed by atoms with Crippen LogP contribution in [-0.4, -0.2) is 43.7 Å². The number of rotatable bonds is 14. The van der Waals surface area contributed by atoms with Gasteiger partial charge in [-0.1, -0.05) is 84.0 Å². The summed E-state index contributed by atoms with van der Waals surface area (Å²) in [4.78, 5) is 13.6. The molecule has 0 spiro atoms. The van der Waals surface area contributed by atoms with Gasteiger partial charge in [-0.15, -0.1) is 0 Å². The average Bonchev–Trinajstić information content (AvgIpc) is 2.43. The van der Waals surface area contributed by atoms with Crippen molar-refractivity contribution in [2.75, 3.05) is 0 Å². The molecule has 0 saturated carbocycles. The number of unbranched alkanes of at least 4 members (excludes halogenated alkanes) is 12. The van der Waals surface area contributed by atoms with E-state index >= 15 is 0 Å². The summed E-state index contributed by atoms with van der Waals surface area (Å²) in [5, 5.41) is 0. The molecule has 0 bridgehead atoms. The van der Waals surface area contributed by atoms with E-state index in [1.165, 1.54) is 64.2 Å². The van der Waals surface area contributed by atoms with Crippen LogP contribution in [0.15, 0.2) is 0 Å². The van der Waals surface area contributed by atoms with Crippen LogP contribution in [0.5, 0.6) is 0 Å². The van der Waals surface area contributed by atoms with Crippen molar-refractivity contribution in [3.8, 4) is 0 Å². The van der Waals surface area contributed by atoms with Crippen molar-refractivity contribution in [3.63, 3.8) is 0 Å². The Morgan fingerprint density at radius 1 is 0.800 bits per heavy atom. The monoisotopic (exact) mass is 316 g/mol. The molecule has 0 saturated heterocycles. The molecule has 4 heteroatoms. The summed E-state index contributed by atoms with van der Waals surface area (Å²) in [7, 11) is 0. The van der Waals surface area contributed by atoms with Crippen molar-refractivity contribution in [1.29, 1.82) is 0 Å². The zero-order chi connectivity index (χ0) is 14.2. The minimum Gasteiger partial charge on any atom is -1.00 e. The van der Waals surface area contributed by atoms with E-state index in [-0.39, 0.29) is 47.0 Å². The van der Waals surface area contributed by atoms with E-state index in [1.54, 1.807) is 0 Å². The minimum atomic E-state index is -0.733. The van der Waals surface area contributed by atoms with E-state index in [0.717, 1.165) is 19.3 Å². The minimum absolute atomic E-state index is 0. The Hall–Kier alpha value is 0.660. The Morgan fingerprint density at radius 2 is 1.15 bits per heavy atom. The van der Waals surface area contributed by atoms with Gasteiger partial charge < -0.3 is 2.85 Å². The maximum absolute atomic E-state index is 11.4. The second kappa shape index (κ2) is 19.7. The van der Waals surface area contributed by atoms with E-state index in [4.69, 9.17) is 0 Å². The molecule has 0 unspecified atom stereocenters. The first kappa shape index (κ1) is 22.9. The molecule has 0 aromatic heterocycles. The quantitative estimate of drug-likeness (QED) is 0.302. The van der Waals surface area contributed by atoms with Crippen LogP contribution in [-0.2, 0) is 9.74 Å². The van der Waals surface area contributed by atoms with Crippen LogP contribution in [0.4, 0.5) is 4.53 Å². The molecule has 0 N–H and O–H groups in total. The van der Waals surface area contributed by atoms with E-state index in [2.05, 4.69) is 11.9 Å². The topological polar surface area (TPSA) is 26.3 Å². The number of hydrogen-bond acceptors (Lipinski definition) is 2. The number of carbonyl (C=O) groups is 1.